The Kier molecular flexibility index (Phi) is 9.75. The third kappa shape index (κ3) is 7.21. The number of nitrogens with zero attached hydrogens (tertiary/aromatic N) is 2. The van der Waals surface area contributed by atoms with E-state index in [1.165, 1.54) is 24.4 Å². The first kappa shape index (κ1) is 27.9. The molecule has 0 heterocycles. The van der Waals surface area contributed by atoms with E-state index >= 15 is 0 Å². The topological polar surface area (TPSA) is 108 Å². The number of phenolic OH excluding ortho intramolecular Hbond substituents is 1. The van der Waals surface area contributed by atoms with Gasteiger partial charge in [0.15, 0.2) is 11.5 Å². The van der Waals surface area contributed by atoms with Crippen LogP contribution in [0, 0.1) is 0 Å². The number of carbonyl (C=O) groups excluding carboxylic acids is 1. The van der Waals surface area contributed by atoms with Gasteiger partial charge in [-0.05, 0) is 61.0 Å². The molecular formula is C24H22BrCl2N3O5S. The van der Waals surface area contributed by atoms with Crippen molar-refractivity contribution in [3.63, 3.8) is 0 Å². The Morgan fingerprint density at radius 3 is 2.53 bits per heavy atom. The minimum atomic E-state index is -4.06. The zero-order chi connectivity index (χ0) is 26.3. The average molecular weight is 615 g/mol. The maximum atomic E-state index is 13.4. The molecule has 1 amide bonds. The number of sulfonamides is 1. The predicted molar refractivity (Wildman–Crippen MR) is 143 cm³/mol. The van der Waals surface area contributed by atoms with E-state index in [0.717, 1.165) is 4.31 Å². The molecule has 3 aromatic rings. The smallest absolute Gasteiger partial charge is 0.255 e. The molecule has 0 radical (unpaired) electrons. The molecule has 0 aliphatic heterocycles. The van der Waals surface area contributed by atoms with E-state index in [4.69, 9.17) is 27.9 Å². The summed E-state index contributed by atoms with van der Waals surface area (Å²) in [4.78, 5) is 12.7. The molecule has 12 heteroatoms. The van der Waals surface area contributed by atoms with Crippen molar-refractivity contribution in [2.75, 3.05) is 13.2 Å². The molecule has 0 unspecified atom stereocenters. The summed E-state index contributed by atoms with van der Waals surface area (Å²) in [5.41, 5.74) is 3.15. The van der Waals surface area contributed by atoms with Gasteiger partial charge in [-0.1, -0.05) is 51.3 Å². The fourth-order valence-corrected chi connectivity index (χ4v) is 5.08. The molecule has 0 aliphatic rings. The number of rotatable bonds is 10. The highest BCUT2D eigenvalue weighted by Crippen LogP contribution is 2.28. The van der Waals surface area contributed by atoms with E-state index in [0.29, 0.717) is 27.2 Å². The number of carbonyl (C=O) groups is 1. The largest absolute Gasteiger partial charge is 0.504 e. The zero-order valence-corrected chi connectivity index (χ0v) is 22.9. The molecule has 3 aromatic carbocycles. The lowest BCUT2D eigenvalue weighted by molar-refractivity contribution is -0.121. The van der Waals surface area contributed by atoms with E-state index in [2.05, 4.69) is 26.5 Å². The maximum absolute atomic E-state index is 13.4. The van der Waals surface area contributed by atoms with Gasteiger partial charge < -0.3 is 9.84 Å². The summed E-state index contributed by atoms with van der Waals surface area (Å²) >= 11 is 15.3. The summed E-state index contributed by atoms with van der Waals surface area (Å²) in [6, 6.07) is 15.6. The fraction of sp³-hybridized carbons (Fsp3) is 0.167. The number of para-hydroxylation sites is 1. The van der Waals surface area contributed by atoms with E-state index in [-0.39, 0.29) is 28.0 Å². The van der Waals surface area contributed by atoms with Crippen LogP contribution in [-0.4, -0.2) is 43.1 Å². The van der Waals surface area contributed by atoms with Gasteiger partial charge in [-0.3, -0.25) is 4.79 Å². The first-order valence-corrected chi connectivity index (χ1v) is 13.6. The molecule has 36 heavy (non-hydrogen) atoms. The molecule has 8 nitrogen and oxygen atoms in total. The van der Waals surface area contributed by atoms with Crippen LogP contribution in [-0.2, 0) is 21.4 Å². The maximum Gasteiger partial charge on any atom is 0.255 e. The molecule has 0 saturated carbocycles. The third-order valence-electron chi connectivity index (χ3n) is 4.84. The summed E-state index contributed by atoms with van der Waals surface area (Å²) in [6.07, 6.45) is 1.24. The lowest BCUT2D eigenvalue weighted by Gasteiger charge is -2.22. The molecule has 0 fully saturated rings. The van der Waals surface area contributed by atoms with Crippen LogP contribution >= 0.6 is 39.1 Å². The summed E-state index contributed by atoms with van der Waals surface area (Å²) in [5, 5.41) is 14.7. The highest BCUT2D eigenvalue weighted by molar-refractivity contribution is 9.10. The molecule has 190 valence electrons. The molecule has 0 spiro atoms. The Morgan fingerprint density at radius 2 is 1.86 bits per heavy atom. The Labute approximate surface area is 227 Å². The first-order chi connectivity index (χ1) is 17.1. The van der Waals surface area contributed by atoms with Crippen molar-refractivity contribution in [3.8, 4) is 11.5 Å². The quantitative estimate of drug-likeness (QED) is 0.241. The summed E-state index contributed by atoms with van der Waals surface area (Å²) in [6.45, 7) is 1.49. The van der Waals surface area contributed by atoms with Crippen LogP contribution in [0.25, 0.3) is 0 Å². The van der Waals surface area contributed by atoms with Crippen LogP contribution in [0.3, 0.4) is 0 Å². The van der Waals surface area contributed by atoms with Gasteiger partial charge in [0.25, 0.3) is 5.91 Å². The summed E-state index contributed by atoms with van der Waals surface area (Å²) in [5.74, 6) is -0.537. The van der Waals surface area contributed by atoms with Gasteiger partial charge in [0, 0.05) is 16.6 Å². The monoisotopic (exact) mass is 613 g/mol. The van der Waals surface area contributed by atoms with Crippen molar-refractivity contribution in [2.24, 2.45) is 5.10 Å². The Bertz CT molecular complexity index is 1370. The van der Waals surface area contributed by atoms with Crippen molar-refractivity contribution in [1.29, 1.82) is 0 Å². The van der Waals surface area contributed by atoms with Gasteiger partial charge >= 0.3 is 0 Å². The van der Waals surface area contributed by atoms with Gasteiger partial charge in [-0.25, -0.2) is 13.8 Å². The summed E-state index contributed by atoms with van der Waals surface area (Å²) in [7, 11) is -4.06. The van der Waals surface area contributed by atoms with Crippen LogP contribution in [0.1, 0.15) is 18.1 Å². The molecule has 0 aromatic heterocycles. The predicted octanol–water partition coefficient (Wildman–Crippen LogP) is 5.20. The number of phenols is 1. The van der Waals surface area contributed by atoms with E-state index in [1.807, 2.05) is 0 Å². The number of hydrogen-bond donors (Lipinski definition) is 2. The molecule has 0 saturated heterocycles. The van der Waals surface area contributed by atoms with Crippen molar-refractivity contribution in [3.05, 3.63) is 86.3 Å². The molecule has 2 N–H and O–H groups in total. The zero-order valence-electron chi connectivity index (χ0n) is 19.0. The number of nitrogens with one attached hydrogen (secondary N) is 1. The number of benzene rings is 3. The minimum absolute atomic E-state index is 0.0136. The Morgan fingerprint density at radius 1 is 1.14 bits per heavy atom. The van der Waals surface area contributed by atoms with Crippen molar-refractivity contribution >= 4 is 61.3 Å². The first-order valence-electron chi connectivity index (χ1n) is 10.6. The van der Waals surface area contributed by atoms with Gasteiger partial charge in [0.1, 0.15) is 0 Å². The van der Waals surface area contributed by atoms with E-state index in [9.17, 15) is 18.3 Å². The van der Waals surface area contributed by atoms with Gasteiger partial charge in [0.05, 0.1) is 34.3 Å². The third-order valence-corrected chi connectivity index (χ3v) is 7.91. The van der Waals surface area contributed by atoms with E-state index < -0.39 is 22.5 Å². The summed E-state index contributed by atoms with van der Waals surface area (Å²) < 4.78 is 33.8. The van der Waals surface area contributed by atoms with Crippen LogP contribution in [0.15, 0.2) is 75.1 Å². The fourth-order valence-electron chi connectivity index (χ4n) is 3.11. The van der Waals surface area contributed by atoms with Crippen molar-refractivity contribution in [2.45, 2.75) is 18.4 Å². The number of halogens is 3. The second-order valence-electron chi connectivity index (χ2n) is 7.40. The highest BCUT2D eigenvalue weighted by Gasteiger charge is 2.27. The van der Waals surface area contributed by atoms with Gasteiger partial charge in [-0.15, -0.1) is 0 Å². The van der Waals surface area contributed by atoms with Crippen LogP contribution in [0.2, 0.25) is 10.0 Å². The lowest BCUT2D eigenvalue weighted by atomic mass is 10.2. The molecule has 0 bridgehead atoms. The number of hydrazone groups is 1. The second kappa shape index (κ2) is 12.6. The van der Waals surface area contributed by atoms with Crippen LogP contribution in [0.5, 0.6) is 11.5 Å². The van der Waals surface area contributed by atoms with Gasteiger partial charge in [-0.2, -0.15) is 9.41 Å². The normalized spacial score (nSPS) is 11.7. The second-order valence-corrected chi connectivity index (χ2v) is 11.1. The van der Waals surface area contributed by atoms with E-state index in [1.54, 1.807) is 49.4 Å². The Hall–Kier alpha value is -2.63. The number of amides is 1. The average Bonchev–Trinajstić information content (AvgIpc) is 2.83. The minimum Gasteiger partial charge on any atom is -0.504 e. The molecular weight excluding hydrogens is 593 g/mol. The van der Waals surface area contributed by atoms with Crippen LogP contribution in [0.4, 0.5) is 0 Å². The molecule has 0 aliphatic carbocycles. The lowest BCUT2D eigenvalue weighted by Crippen LogP contribution is -2.39. The molecule has 0 atom stereocenters. The van der Waals surface area contributed by atoms with Crippen molar-refractivity contribution < 1.29 is 23.1 Å². The van der Waals surface area contributed by atoms with Crippen LogP contribution < -0.4 is 10.2 Å². The highest BCUT2D eigenvalue weighted by atomic mass is 79.9. The number of ether oxygens (including phenoxy) is 1. The SMILES string of the molecule is CCOc1cccc(/C=N/NC(=O)CN(Cc2ccc(Cl)c(Cl)c2)S(=O)(=O)c2ccc(Br)cc2)c1O. The van der Waals surface area contributed by atoms with Crippen molar-refractivity contribution in [1.82, 2.24) is 9.73 Å². The standard InChI is InChI=1S/C24H22BrCl2N3O5S/c1-2-35-22-5-3-4-17(24(22)32)13-28-29-23(31)15-30(14-16-6-11-20(26)21(27)12-16)36(33,34)19-9-7-18(25)8-10-19/h3-13,32H,2,14-15H2,1H3,(H,29,31)/b28-13+. The van der Waals surface area contributed by atoms with Gasteiger partial charge in [0.2, 0.25) is 10.0 Å². The number of hydrogen-bond acceptors (Lipinski definition) is 6. The molecule has 3 rings (SSSR count). The number of aromatic hydroxyl groups is 1. The Balaban J connectivity index is 1.81.